The van der Waals surface area contributed by atoms with Crippen LogP contribution in [0.5, 0.6) is 0 Å². The fourth-order valence-electron chi connectivity index (χ4n) is 3.54. The molecule has 8 heteroatoms. The number of esters is 1. The quantitative estimate of drug-likeness (QED) is 0.216. The second-order valence-electron chi connectivity index (χ2n) is 7.38. The van der Waals surface area contributed by atoms with Crippen LogP contribution in [0.4, 0.5) is 0 Å². The minimum absolute atomic E-state index is 0.0250. The van der Waals surface area contributed by atoms with Crippen molar-refractivity contribution in [2.75, 3.05) is 6.61 Å². The molecule has 0 amide bonds. The lowest BCUT2D eigenvalue weighted by molar-refractivity contribution is -0.182. The van der Waals surface area contributed by atoms with Crippen molar-refractivity contribution < 1.29 is 39.2 Å². The Morgan fingerprint density at radius 1 is 0.929 bits per heavy atom. The number of Topliss-reactive ketones (excluding diaryl/α,β-unsaturated/α-hetero) is 1. The molecule has 0 heterocycles. The standard InChI is InChI=1S/C20H34O8/c1-5-19(6-2,7-3)11-9-8-10-12-28-17(24)16(14(4)21)20(27,18(25)26)13-15(22)23/h16,27H,5-13H2,1-4H3,(H,22,23)(H,25,26). The van der Waals surface area contributed by atoms with Crippen LogP contribution in [-0.4, -0.2) is 51.2 Å². The van der Waals surface area contributed by atoms with Gasteiger partial charge in [0.2, 0.25) is 0 Å². The first kappa shape index (κ1) is 26.0. The molecule has 0 aliphatic carbocycles. The lowest BCUT2D eigenvalue weighted by Crippen LogP contribution is -2.54. The van der Waals surface area contributed by atoms with Crippen molar-refractivity contribution in [1.29, 1.82) is 0 Å². The molecule has 2 atom stereocenters. The van der Waals surface area contributed by atoms with E-state index in [0.29, 0.717) is 11.8 Å². The number of carboxylic acid groups (broad SMARTS) is 2. The molecule has 0 aromatic carbocycles. The minimum Gasteiger partial charge on any atom is -0.481 e. The van der Waals surface area contributed by atoms with E-state index in [9.17, 15) is 24.3 Å². The summed E-state index contributed by atoms with van der Waals surface area (Å²) in [6.45, 7) is 7.43. The zero-order chi connectivity index (χ0) is 22.0. The molecule has 3 N–H and O–H groups in total. The number of aliphatic carboxylic acids is 2. The molecule has 2 unspecified atom stereocenters. The summed E-state index contributed by atoms with van der Waals surface area (Å²) in [4.78, 5) is 46.1. The summed E-state index contributed by atoms with van der Waals surface area (Å²) in [5.74, 6) is -7.87. The Bertz CT molecular complexity index is 544. The minimum atomic E-state index is -3.04. The molecule has 0 aromatic heterocycles. The topological polar surface area (TPSA) is 138 Å². The number of unbranched alkanes of at least 4 members (excludes halogenated alkanes) is 2. The van der Waals surface area contributed by atoms with Crippen molar-refractivity contribution >= 4 is 23.7 Å². The first-order valence-corrected chi connectivity index (χ1v) is 9.84. The van der Waals surface area contributed by atoms with Gasteiger partial charge in [0.1, 0.15) is 5.78 Å². The third-order valence-corrected chi connectivity index (χ3v) is 5.76. The molecule has 0 fully saturated rings. The van der Waals surface area contributed by atoms with Gasteiger partial charge in [-0.05, 0) is 25.2 Å². The molecule has 0 radical (unpaired) electrons. The molecule has 0 saturated heterocycles. The third-order valence-electron chi connectivity index (χ3n) is 5.76. The first-order chi connectivity index (χ1) is 13.0. The van der Waals surface area contributed by atoms with Crippen molar-refractivity contribution in [3.8, 4) is 0 Å². The predicted octanol–water partition coefficient (Wildman–Crippen LogP) is 2.80. The molecule has 0 bridgehead atoms. The van der Waals surface area contributed by atoms with Crippen LogP contribution in [0.2, 0.25) is 0 Å². The van der Waals surface area contributed by atoms with Gasteiger partial charge in [0, 0.05) is 0 Å². The Kier molecular flexibility index (Phi) is 11.0. The molecule has 0 aromatic rings. The van der Waals surface area contributed by atoms with E-state index in [4.69, 9.17) is 14.9 Å². The molecular formula is C20H34O8. The highest BCUT2D eigenvalue weighted by molar-refractivity contribution is 6.05. The van der Waals surface area contributed by atoms with Crippen LogP contribution in [0.25, 0.3) is 0 Å². The Balaban J connectivity index is 4.74. The van der Waals surface area contributed by atoms with E-state index >= 15 is 0 Å². The average Bonchev–Trinajstić information content (AvgIpc) is 2.60. The highest BCUT2D eigenvalue weighted by atomic mass is 16.5. The van der Waals surface area contributed by atoms with Gasteiger partial charge in [-0.2, -0.15) is 0 Å². The van der Waals surface area contributed by atoms with Crippen molar-refractivity contribution in [3.63, 3.8) is 0 Å². The second kappa shape index (κ2) is 11.8. The number of carboxylic acids is 2. The van der Waals surface area contributed by atoms with Crippen LogP contribution in [0.15, 0.2) is 0 Å². The van der Waals surface area contributed by atoms with Gasteiger partial charge in [0.25, 0.3) is 0 Å². The Morgan fingerprint density at radius 3 is 1.86 bits per heavy atom. The Hall–Kier alpha value is -1.96. The summed E-state index contributed by atoms with van der Waals surface area (Å²) in [7, 11) is 0. The number of hydrogen-bond acceptors (Lipinski definition) is 6. The summed E-state index contributed by atoms with van der Waals surface area (Å²) in [5.41, 5.74) is -2.72. The predicted molar refractivity (Wildman–Crippen MR) is 102 cm³/mol. The normalized spacial score (nSPS) is 14.8. The lowest BCUT2D eigenvalue weighted by Gasteiger charge is -2.30. The molecule has 0 saturated carbocycles. The maximum absolute atomic E-state index is 12.2. The number of aliphatic hydroxyl groups is 1. The van der Waals surface area contributed by atoms with E-state index in [1.807, 2.05) is 0 Å². The zero-order valence-electron chi connectivity index (χ0n) is 17.3. The number of carbonyl (C=O) groups excluding carboxylic acids is 2. The highest BCUT2D eigenvalue weighted by Crippen LogP contribution is 2.36. The van der Waals surface area contributed by atoms with Gasteiger partial charge < -0.3 is 20.1 Å². The van der Waals surface area contributed by atoms with Crippen LogP contribution in [0.1, 0.15) is 79.1 Å². The monoisotopic (exact) mass is 402 g/mol. The van der Waals surface area contributed by atoms with Gasteiger partial charge >= 0.3 is 17.9 Å². The Labute approximate surface area is 166 Å². The fourth-order valence-corrected chi connectivity index (χ4v) is 3.54. The summed E-state index contributed by atoms with van der Waals surface area (Å²) >= 11 is 0. The number of carbonyl (C=O) groups is 4. The Morgan fingerprint density at radius 2 is 1.46 bits per heavy atom. The molecule has 0 aliphatic rings. The van der Waals surface area contributed by atoms with E-state index in [1.54, 1.807) is 0 Å². The van der Waals surface area contributed by atoms with Crippen LogP contribution in [0.3, 0.4) is 0 Å². The van der Waals surface area contributed by atoms with Crippen molar-refractivity contribution in [1.82, 2.24) is 0 Å². The van der Waals surface area contributed by atoms with Gasteiger partial charge in [0.15, 0.2) is 11.5 Å². The lowest BCUT2D eigenvalue weighted by atomic mass is 9.76. The number of ether oxygens (including phenoxy) is 1. The zero-order valence-corrected chi connectivity index (χ0v) is 17.3. The average molecular weight is 402 g/mol. The molecule has 0 aliphatic heterocycles. The molecule has 28 heavy (non-hydrogen) atoms. The van der Waals surface area contributed by atoms with E-state index in [-0.39, 0.29) is 6.61 Å². The maximum atomic E-state index is 12.2. The first-order valence-electron chi connectivity index (χ1n) is 9.84. The van der Waals surface area contributed by atoms with Crippen LogP contribution in [0, 0.1) is 11.3 Å². The van der Waals surface area contributed by atoms with Gasteiger partial charge in [-0.3, -0.25) is 14.4 Å². The molecule has 8 nitrogen and oxygen atoms in total. The van der Waals surface area contributed by atoms with Crippen molar-refractivity contribution in [2.24, 2.45) is 11.3 Å². The van der Waals surface area contributed by atoms with Crippen molar-refractivity contribution in [2.45, 2.75) is 84.7 Å². The summed E-state index contributed by atoms with van der Waals surface area (Å²) < 4.78 is 4.98. The largest absolute Gasteiger partial charge is 0.481 e. The second-order valence-corrected chi connectivity index (χ2v) is 7.38. The third kappa shape index (κ3) is 7.22. The molecular weight excluding hydrogens is 368 g/mol. The smallest absolute Gasteiger partial charge is 0.337 e. The number of rotatable bonds is 15. The molecule has 0 rings (SSSR count). The summed E-state index contributed by atoms with van der Waals surface area (Å²) in [5, 5.41) is 28.2. The SMILES string of the molecule is CCC(CC)(CC)CCCCCOC(=O)C(C(C)=O)C(O)(CC(=O)O)C(=O)O. The maximum Gasteiger partial charge on any atom is 0.337 e. The van der Waals surface area contributed by atoms with Gasteiger partial charge in [-0.15, -0.1) is 0 Å². The van der Waals surface area contributed by atoms with Gasteiger partial charge in [-0.1, -0.05) is 52.9 Å². The van der Waals surface area contributed by atoms with Crippen LogP contribution < -0.4 is 0 Å². The van der Waals surface area contributed by atoms with Crippen LogP contribution >= 0.6 is 0 Å². The van der Waals surface area contributed by atoms with Gasteiger partial charge in [0.05, 0.1) is 13.0 Å². The number of ketones is 1. The molecule has 0 spiro atoms. The number of hydrogen-bond donors (Lipinski definition) is 3. The van der Waals surface area contributed by atoms with E-state index in [1.165, 1.54) is 0 Å². The fraction of sp³-hybridized carbons (Fsp3) is 0.800. The summed E-state index contributed by atoms with van der Waals surface area (Å²) in [6.07, 6.45) is 5.39. The van der Waals surface area contributed by atoms with Crippen molar-refractivity contribution in [3.05, 3.63) is 0 Å². The summed E-state index contributed by atoms with van der Waals surface area (Å²) in [6, 6.07) is 0. The van der Waals surface area contributed by atoms with E-state index in [0.717, 1.165) is 45.4 Å². The van der Waals surface area contributed by atoms with E-state index < -0.39 is 41.6 Å². The highest BCUT2D eigenvalue weighted by Gasteiger charge is 2.53. The van der Waals surface area contributed by atoms with Crippen LogP contribution in [-0.2, 0) is 23.9 Å². The van der Waals surface area contributed by atoms with Gasteiger partial charge in [-0.25, -0.2) is 4.79 Å². The molecule has 162 valence electrons. The van der Waals surface area contributed by atoms with E-state index in [2.05, 4.69) is 20.8 Å².